The number of carboxylic acid groups (broad SMARTS) is 1. The van der Waals surface area contributed by atoms with Crippen LogP contribution in [0.5, 0.6) is 5.75 Å². The van der Waals surface area contributed by atoms with Gasteiger partial charge in [0.1, 0.15) is 18.0 Å². The van der Waals surface area contributed by atoms with Crippen LogP contribution in [0.15, 0.2) is 18.2 Å². The normalized spacial score (nSPS) is 14.5. The Balaban J connectivity index is 2.38. The molecule has 2 N–H and O–H groups in total. The van der Waals surface area contributed by atoms with Crippen LogP contribution in [0.1, 0.15) is 6.42 Å². The van der Waals surface area contributed by atoms with Crippen LogP contribution >= 0.6 is 0 Å². The molecule has 0 atom stereocenters. The second-order valence-corrected chi connectivity index (χ2v) is 3.95. The van der Waals surface area contributed by atoms with Crippen LogP contribution in [-0.4, -0.2) is 37.8 Å². The zero-order valence-corrected chi connectivity index (χ0v) is 9.77. The van der Waals surface area contributed by atoms with Gasteiger partial charge in [-0.3, -0.25) is 4.79 Å². The van der Waals surface area contributed by atoms with E-state index in [1.165, 1.54) is 0 Å². The molecule has 1 aromatic rings. The van der Waals surface area contributed by atoms with Gasteiger partial charge in [0.15, 0.2) is 0 Å². The molecule has 0 aliphatic carbocycles. The number of hydrogen-bond donors (Lipinski definition) is 2. The molecule has 2 rings (SSSR count). The molecule has 0 unspecified atom stereocenters. The maximum Gasteiger partial charge on any atom is 0.323 e. The average Bonchev–Trinajstić information content (AvgIpc) is 2.51. The van der Waals surface area contributed by atoms with E-state index >= 15 is 0 Å². The van der Waals surface area contributed by atoms with Gasteiger partial charge in [-0.15, -0.1) is 0 Å². The maximum atomic E-state index is 10.9. The molecule has 5 nitrogen and oxygen atoms in total. The highest BCUT2D eigenvalue weighted by molar-refractivity contribution is 5.81. The number of nitrogens with zero attached hydrogens (tertiary/aromatic N) is 1. The summed E-state index contributed by atoms with van der Waals surface area (Å²) in [6.45, 7) is 1.57. The van der Waals surface area contributed by atoms with E-state index in [1.54, 1.807) is 7.11 Å². The summed E-state index contributed by atoms with van der Waals surface area (Å²) in [5.41, 5.74) is 1.78. The first-order valence-corrected chi connectivity index (χ1v) is 5.60. The number of carboxylic acids is 1. The van der Waals surface area contributed by atoms with E-state index in [0.717, 1.165) is 36.6 Å². The minimum Gasteiger partial charge on any atom is -0.495 e. The molecule has 1 aliphatic rings. The molecule has 0 radical (unpaired) electrons. The van der Waals surface area contributed by atoms with Crippen molar-refractivity contribution in [2.45, 2.75) is 6.42 Å². The van der Waals surface area contributed by atoms with E-state index in [-0.39, 0.29) is 6.54 Å². The summed E-state index contributed by atoms with van der Waals surface area (Å²) in [6.07, 6.45) is 0.908. The quantitative estimate of drug-likeness (QED) is 0.830. The standard InChI is InChI=1S/C12H16N2O3/c1-17-10-5-2-4-9-12(10)13-6-3-7-14(9)8-11(15)16/h2,4-5,13H,3,6-8H2,1H3,(H,15,16). The topological polar surface area (TPSA) is 61.8 Å². The van der Waals surface area contributed by atoms with Gasteiger partial charge in [-0.25, -0.2) is 0 Å². The third-order valence-corrected chi connectivity index (χ3v) is 2.80. The van der Waals surface area contributed by atoms with Gasteiger partial charge < -0.3 is 20.1 Å². The number of methoxy groups -OCH3 is 1. The summed E-state index contributed by atoms with van der Waals surface area (Å²) in [5.74, 6) is -0.0690. The fourth-order valence-corrected chi connectivity index (χ4v) is 2.06. The first-order valence-electron chi connectivity index (χ1n) is 5.60. The fourth-order valence-electron chi connectivity index (χ4n) is 2.06. The van der Waals surface area contributed by atoms with Crippen molar-refractivity contribution in [1.82, 2.24) is 0 Å². The second-order valence-electron chi connectivity index (χ2n) is 3.95. The Kier molecular flexibility index (Phi) is 3.37. The van der Waals surface area contributed by atoms with E-state index in [2.05, 4.69) is 5.32 Å². The first-order chi connectivity index (χ1) is 8.22. The highest BCUT2D eigenvalue weighted by atomic mass is 16.5. The number of carbonyl (C=O) groups is 1. The molecule has 1 heterocycles. The number of para-hydroxylation sites is 1. The largest absolute Gasteiger partial charge is 0.495 e. The van der Waals surface area contributed by atoms with Gasteiger partial charge >= 0.3 is 5.97 Å². The van der Waals surface area contributed by atoms with E-state index in [4.69, 9.17) is 9.84 Å². The van der Waals surface area contributed by atoms with Crippen LogP contribution < -0.4 is 15.0 Å². The molecule has 0 fully saturated rings. The molecule has 0 saturated carbocycles. The maximum absolute atomic E-state index is 10.9. The van der Waals surface area contributed by atoms with Crippen molar-refractivity contribution in [2.24, 2.45) is 0 Å². The van der Waals surface area contributed by atoms with Crippen LogP contribution in [0, 0.1) is 0 Å². The van der Waals surface area contributed by atoms with Gasteiger partial charge in [-0.2, -0.15) is 0 Å². The first kappa shape index (κ1) is 11.6. The Bertz CT molecular complexity index is 420. The number of rotatable bonds is 3. The van der Waals surface area contributed by atoms with Gasteiger partial charge in [-0.1, -0.05) is 6.07 Å². The predicted molar refractivity (Wildman–Crippen MR) is 65.9 cm³/mol. The molecule has 1 aromatic carbocycles. The lowest BCUT2D eigenvalue weighted by Crippen LogP contribution is -2.30. The lowest BCUT2D eigenvalue weighted by atomic mass is 10.2. The summed E-state index contributed by atoms with van der Waals surface area (Å²) < 4.78 is 5.28. The minimum atomic E-state index is -0.819. The summed E-state index contributed by atoms with van der Waals surface area (Å²) >= 11 is 0. The zero-order chi connectivity index (χ0) is 12.3. The van der Waals surface area contributed by atoms with Crippen LogP contribution in [0.25, 0.3) is 0 Å². The Morgan fingerprint density at radius 3 is 3.12 bits per heavy atom. The van der Waals surface area contributed by atoms with Crippen LogP contribution in [0.4, 0.5) is 11.4 Å². The number of hydrogen-bond acceptors (Lipinski definition) is 4. The smallest absolute Gasteiger partial charge is 0.323 e. The number of fused-ring (bicyclic) bond motifs is 1. The van der Waals surface area contributed by atoms with Crippen LogP contribution in [-0.2, 0) is 4.79 Å². The number of anilines is 2. The van der Waals surface area contributed by atoms with Crippen molar-refractivity contribution < 1.29 is 14.6 Å². The van der Waals surface area contributed by atoms with Gasteiger partial charge in [-0.05, 0) is 18.6 Å². The van der Waals surface area contributed by atoms with E-state index in [0.29, 0.717) is 0 Å². The van der Waals surface area contributed by atoms with E-state index in [9.17, 15) is 4.79 Å². The second kappa shape index (κ2) is 4.95. The van der Waals surface area contributed by atoms with Crippen LogP contribution in [0.2, 0.25) is 0 Å². The summed E-state index contributed by atoms with van der Waals surface area (Å²) in [6, 6.07) is 5.66. The Morgan fingerprint density at radius 2 is 2.41 bits per heavy atom. The highest BCUT2D eigenvalue weighted by Gasteiger charge is 2.19. The Hall–Kier alpha value is -1.91. The average molecular weight is 236 g/mol. The van der Waals surface area contributed by atoms with Gasteiger partial charge in [0.05, 0.1) is 12.8 Å². The third kappa shape index (κ3) is 2.43. The van der Waals surface area contributed by atoms with Crippen molar-refractivity contribution in [3.05, 3.63) is 18.2 Å². The molecule has 0 spiro atoms. The lowest BCUT2D eigenvalue weighted by molar-refractivity contribution is -0.135. The molecule has 0 aromatic heterocycles. The molecule has 0 amide bonds. The third-order valence-electron chi connectivity index (χ3n) is 2.80. The molecular formula is C12H16N2O3. The van der Waals surface area contributed by atoms with Crippen LogP contribution in [0.3, 0.4) is 0 Å². The molecule has 0 saturated heterocycles. The van der Waals surface area contributed by atoms with Crippen molar-refractivity contribution in [3.8, 4) is 5.75 Å². The summed E-state index contributed by atoms with van der Waals surface area (Å²) in [7, 11) is 1.61. The Morgan fingerprint density at radius 1 is 1.59 bits per heavy atom. The van der Waals surface area contributed by atoms with Crippen molar-refractivity contribution in [1.29, 1.82) is 0 Å². The van der Waals surface area contributed by atoms with Crippen molar-refractivity contribution in [2.75, 3.05) is 37.0 Å². The fraction of sp³-hybridized carbons (Fsp3) is 0.417. The number of aliphatic carboxylic acids is 1. The van der Waals surface area contributed by atoms with Gasteiger partial charge in [0.2, 0.25) is 0 Å². The predicted octanol–water partition coefficient (Wildman–Crippen LogP) is 1.40. The lowest BCUT2D eigenvalue weighted by Gasteiger charge is -2.23. The van der Waals surface area contributed by atoms with E-state index < -0.39 is 5.97 Å². The van der Waals surface area contributed by atoms with Gasteiger partial charge in [0.25, 0.3) is 0 Å². The Labute approximate surface area is 100.0 Å². The van der Waals surface area contributed by atoms with Crippen molar-refractivity contribution in [3.63, 3.8) is 0 Å². The van der Waals surface area contributed by atoms with Crippen molar-refractivity contribution >= 4 is 17.3 Å². The number of nitrogens with one attached hydrogen (secondary N) is 1. The molecule has 1 aliphatic heterocycles. The molecule has 0 bridgehead atoms. The monoisotopic (exact) mass is 236 g/mol. The van der Waals surface area contributed by atoms with E-state index in [1.807, 2.05) is 23.1 Å². The molecule has 5 heteroatoms. The SMILES string of the molecule is COc1cccc2c1NCCCN2CC(=O)O. The number of benzene rings is 1. The molecule has 17 heavy (non-hydrogen) atoms. The summed E-state index contributed by atoms with van der Waals surface area (Å²) in [5, 5.41) is 12.2. The number of ether oxygens (including phenoxy) is 1. The minimum absolute atomic E-state index is 0.0157. The highest BCUT2D eigenvalue weighted by Crippen LogP contribution is 2.36. The van der Waals surface area contributed by atoms with Gasteiger partial charge in [0, 0.05) is 13.1 Å². The summed E-state index contributed by atoms with van der Waals surface area (Å²) in [4.78, 5) is 12.7. The molecule has 92 valence electrons. The zero-order valence-electron chi connectivity index (χ0n) is 9.77. The molecular weight excluding hydrogens is 220 g/mol.